The van der Waals surface area contributed by atoms with Crippen LogP contribution in [-0.4, -0.2) is 25.6 Å². The van der Waals surface area contributed by atoms with E-state index in [0.717, 1.165) is 0 Å². The van der Waals surface area contributed by atoms with E-state index < -0.39 is 0 Å². The summed E-state index contributed by atoms with van der Waals surface area (Å²) in [6.07, 6.45) is 0. The van der Waals surface area contributed by atoms with Gasteiger partial charge in [-0.1, -0.05) is 30.3 Å². The second-order valence-corrected chi connectivity index (χ2v) is 4.56. The van der Waals surface area contributed by atoms with Gasteiger partial charge in [0.2, 0.25) is 0 Å². The minimum atomic E-state index is -0.301. The molecule has 3 rings (SSSR count). The summed E-state index contributed by atoms with van der Waals surface area (Å²) in [5.41, 5.74) is 1.75. The van der Waals surface area contributed by atoms with Crippen LogP contribution in [0.4, 0.5) is 0 Å². The molecule has 2 aromatic heterocycles. The molecule has 1 N–H and O–H groups in total. The molecule has 0 radical (unpaired) electrons. The highest BCUT2D eigenvalue weighted by Gasteiger charge is 2.20. The number of aryl methyl sites for hydroxylation is 2. The van der Waals surface area contributed by atoms with Gasteiger partial charge in [0.1, 0.15) is 5.69 Å². The molecule has 6 nitrogen and oxygen atoms in total. The number of carbonyl (C=O) groups is 1. The average Bonchev–Trinajstić information content (AvgIpc) is 2.80. The van der Waals surface area contributed by atoms with Gasteiger partial charge < -0.3 is 0 Å². The summed E-state index contributed by atoms with van der Waals surface area (Å²) in [5, 5.41) is 10.6. The van der Waals surface area contributed by atoms with Gasteiger partial charge in [-0.2, -0.15) is 4.52 Å². The van der Waals surface area contributed by atoms with Crippen LogP contribution in [0.1, 0.15) is 27.3 Å². The standard InChI is InChI=1S/C14H12N4O2/c1-8-11(12(19)10-6-4-3-5-7-10)13-16-15-9(2)14(20)18(13)17-8/h3-7,17H,1-2H3. The molecule has 3 aromatic rings. The SMILES string of the molecule is Cc1[nH]n2c(=O)c(C)nnc2c1C(=O)c1ccccc1. The number of aromatic amines is 1. The van der Waals surface area contributed by atoms with Crippen LogP contribution in [0, 0.1) is 13.8 Å². The van der Waals surface area contributed by atoms with Crippen molar-refractivity contribution in [1.82, 2.24) is 19.8 Å². The summed E-state index contributed by atoms with van der Waals surface area (Å²) in [6, 6.07) is 8.88. The fourth-order valence-electron chi connectivity index (χ4n) is 2.13. The van der Waals surface area contributed by atoms with E-state index in [0.29, 0.717) is 16.8 Å². The van der Waals surface area contributed by atoms with Gasteiger partial charge in [-0.05, 0) is 13.8 Å². The second kappa shape index (κ2) is 4.41. The number of rotatable bonds is 2. The molecule has 2 heterocycles. The Labute approximate surface area is 114 Å². The van der Waals surface area contributed by atoms with Crippen molar-refractivity contribution in [3.05, 3.63) is 63.2 Å². The smallest absolute Gasteiger partial charge is 0.293 e. The van der Waals surface area contributed by atoms with Crippen molar-refractivity contribution in [3.63, 3.8) is 0 Å². The summed E-state index contributed by atoms with van der Waals surface area (Å²) < 4.78 is 1.26. The predicted molar refractivity (Wildman–Crippen MR) is 73.0 cm³/mol. The Bertz CT molecular complexity index is 862. The molecule has 20 heavy (non-hydrogen) atoms. The van der Waals surface area contributed by atoms with Crippen molar-refractivity contribution >= 4 is 11.4 Å². The highest BCUT2D eigenvalue weighted by Crippen LogP contribution is 2.16. The van der Waals surface area contributed by atoms with Gasteiger partial charge in [0.05, 0.1) is 5.56 Å². The molecule has 100 valence electrons. The van der Waals surface area contributed by atoms with E-state index in [9.17, 15) is 9.59 Å². The van der Waals surface area contributed by atoms with Crippen molar-refractivity contribution in [3.8, 4) is 0 Å². The molecule has 0 unspecified atom stereocenters. The number of hydrogen-bond donors (Lipinski definition) is 1. The quantitative estimate of drug-likeness (QED) is 0.710. The largest absolute Gasteiger partial charge is 0.294 e. The lowest BCUT2D eigenvalue weighted by Gasteiger charge is -1.99. The normalized spacial score (nSPS) is 10.9. The van der Waals surface area contributed by atoms with Crippen LogP contribution in [0.5, 0.6) is 0 Å². The lowest BCUT2D eigenvalue weighted by Crippen LogP contribution is -2.20. The first-order valence-corrected chi connectivity index (χ1v) is 6.14. The van der Waals surface area contributed by atoms with E-state index in [2.05, 4.69) is 15.3 Å². The third-order valence-electron chi connectivity index (χ3n) is 3.16. The van der Waals surface area contributed by atoms with Crippen LogP contribution in [0.2, 0.25) is 0 Å². The van der Waals surface area contributed by atoms with Gasteiger partial charge in [0, 0.05) is 11.3 Å². The summed E-state index contributed by atoms with van der Waals surface area (Å²) in [4.78, 5) is 24.5. The van der Waals surface area contributed by atoms with Gasteiger partial charge in [0.15, 0.2) is 11.4 Å². The maximum Gasteiger partial charge on any atom is 0.294 e. The maximum absolute atomic E-state index is 12.5. The zero-order valence-electron chi connectivity index (χ0n) is 11.0. The number of aromatic nitrogens is 4. The Kier molecular flexibility index (Phi) is 2.71. The van der Waals surface area contributed by atoms with E-state index >= 15 is 0 Å². The summed E-state index contributed by atoms with van der Waals surface area (Å²) in [5.74, 6) is -0.181. The summed E-state index contributed by atoms with van der Waals surface area (Å²) >= 11 is 0. The van der Waals surface area contributed by atoms with Crippen LogP contribution in [0.3, 0.4) is 0 Å². The molecule has 0 aliphatic carbocycles. The number of hydrogen-bond acceptors (Lipinski definition) is 4. The van der Waals surface area contributed by atoms with Crippen molar-refractivity contribution in [2.75, 3.05) is 0 Å². The third-order valence-corrected chi connectivity index (χ3v) is 3.16. The molecule has 0 aliphatic heterocycles. The molecule has 0 amide bonds. The first-order chi connectivity index (χ1) is 9.59. The van der Waals surface area contributed by atoms with Gasteiger partial charge in [-0.25, -0.2) is 0 Å². The predicted octanol–water partition coefficient (Wildman–Crippen LogP) is 1.27. The van der Waals surface area contributed by atoms with Crippen molar-refractivity contribution < 1.29 is 4.79 Å². The molecule has 0 atom stereocenters. The molecule has 6 heteroatoms. The molecular formula is C14H12N4O2. The Morgan fingerprint density at radius 1 is 1.15 bits per heavy atom. The minimum Gasteiger partial charge on any atom is -0.293 e. The monoisotopic (exact) mass is 268 g/mol. The van der Waals surface area contributed by atoms with Gasteiger partial charge >= 0.3 is 0 Å². The maximum atomic E-state index is 12.5. The molecule has 0 saturated carbocycles. The molecule has 0 saturated heterocycles. The van der Waals surface area contributed by atoms with Crippen LogP contribution < -0.4 is 5.56 Å². The highest BCUT2D eigenvalue weighted by molar-refractivity contribution is 6.13. The topological polar surface area (TPSA) is 80.1 Å². The Hall–Kier alpha value is -2.76. The summed E-state index contributed by atoms with van der Waals surface area (Å²) in [6.45, 7) is 3.32. The Balaban J connectivity index is 2.28. The highest BCUT2D eigenvalue weighted by atomic mass is 16.1. The fraction of sp³-hybridized carbons (Fsp3) is 0.143. The zero-order chi connectivity index (χ0) is 14.3. The van der Waals surface area contributed by atoms with E-state index in [-0.39, 0.29) is 22.7 Å². The van der Waals surface area contributed by atoms with Crippen LogP contribution in [-0.2, 0) is 0 Å². The van der Waals surface area contributed by atoms with Crippen LogP contribution in [0.15, 0.2) is 35.1 Å². The number of carbonyl (C=O) groups excluding carboxylic acids is 1. The Morgan fingerprint density at radius 3 is 2.55 bits per heavy atom. The molecular weight excluding hydrogens is 256 g/mol. The molecule has 0 bridgehead atoms. The van der Waals surface area contributed by atoms with E-state index in [1.807, 2.05) is 6.07 Å². The van der Waals surface area contributed by atoms with Crippen LogP contribution >= 0.6 is 0 Å². The average molecular weight is 268 g/mol. The van der Waals surface area contributed by atoms with Gasteiger partial charge in [0.25, 0.3) is 5.56 Å². The molecule has 0 spiro atoms. The Morgan fingerprint density at radius 2 is 1.85 bits per heavy atom. The summed E-state index contributed by atoms with van der Waals surface area (Å²) in [7, 11) is 0. The molecule has 0 fully saturated rings. The lowest BCUT2D eigenvalue weighted by atomic mass is 10.0. The van der Waals surface area contributed by atoms with Crippen molar-refractivity contribution in [1.29, 1.82) is 0 Å². The zero-order valence-corrected chi connectivity index (χ0v) is 11.0. The number of ketones is 1. The third kappa shape index (κ3) is 1.73. The van der Waals surface area contributed by atoms with E-state index in [1.54, 1.807) is 38.1 Å². The minimum absolute atomic E-state index is 0.181. The van der Waals surface area contributed by atoms with Gasteiger partial charge in [-0.3, -0.25) is 14.7 Å². The van der Waals surface area contributed by atoms with Crippen LogP contribution in [0.25, 0.3) is 5.65 Å². The first kappa shape index (κ1) is 12.3. The number of benzene rings is 1. The number of nitrogens with one attached hydrogen (secondary N) is 1. The van der Waals surface area contributed by atoms with E-state index in [4.69, 9.17) is 0 Å². The number of fused-ring (bicyclic) bond motifs is 1. The van der Waals surface area contributed by atoms with Gasteiger partial charge in [-0.15, -0.1) is 10.2 Å². The van der Waals surface area contributed by atoms with Crippen molar-refractivity contribution in [2.45, 2.75) is 13.8 Å². The van der Waals surface area contributed by atoms with E-state index in [1.165, 1.54) is 4.52 Å². The van der Waals surface area contributed by atoms with Crippen molar-refractivity contribution in [2.24, 2.45) is 0 Å². The first-order valence-electron chi connectivity index (χ1n) is 6.14. The molecule has 1 aromatic carbocycles. The number of H-pyrrole nitrogens is 1. The second-order valence-electron chi connectivity index (χ2n) is 4.56. The lowest BCUT2D eigenvalue weighted by molar-refractivity contribution is 0.103. The fourth-order valence-corrected chi connectivity index (χ4v) is 2.13. The molecule has 0 aliphatic rings. The number of nitrogens with zero attached hydrogens (tertiary/aromatic N) is 3.